The van der Waals surface area contributed by atoms with Crippen molar-refractivity contribution in [3.63, 3.8) is 0 Å². The maximum absolute atomic E-state index is 4.56. The van der Waals surface area contributed by atoms with Gasteiger partial charge in [-0.05, 0) is 32.4 Å². The monoisotopic (exact) mass is 283 g/mol. The van der Waals surface area contributed by atoms with Gasteiger partial charge in [-0.25, -0.2) is 4.98 Å². The van der Waals surface area contributed by atoms with Gasteiger partial charge < -0.3 is 5.32 Å². The average Bonchev–Trinajstić information content (AvgIpc) is 2.69. The average molecular weight is 283 g/mol. The molecule has 110 valence electrons. The Morgan fingerprint density at radius 2 is 1.95 bits per heavy atom. The summed E-state index contributed by atoms with van der Waals surface area (Å²) in [6.07, 6.45) is 0. The van der Waals surface area contributed by atoms with E-state index in [9.17, 15) is 0 Å². The molecule has 0 aliphatic carbocycles. The minimum absolute atomic E-state index is 0.556. The lowest BCUT2D eigenvalue weighted by atomic mass is 10.0. The standard InChI is InChI=1S/C15H29N3S/c1-11(2)7-16-8-15(12(3)4)18(6)9-14-10-19-13(5)17-14/h10-12,15-16H,7-9H2,1-6H3. The first-order valence-corrected chi connectivity index (χ1v) is 8.10. The highest BCUT2D eigenvalue weighted by Crippen LogP contribution is 2.14. The molecule has 0 bridgehead atoms. The van der Waals surface area contributed by atoms with Crippen LogP contribution < -0.4 is 5.32 Å². The van der Waals surface area contributed by atoms with Crippen LogP contribution >= 0.6 is 11.3 Å². The fraction of sp³-hybridized carbons (Fsp3) is 0.800. The van der Waals surface area contributed by atoms with Gasteiger partial charge in [0.05, 0.1) is 10.7 Å². The van der Waals surface area contributed by atoms with E-state index in [1.54, 1.807) is 11.3 Å². The maximum atomic E-state index is 4.56. The quantitative estimate of drug-likeness (QED) is 0.794. The van der Waals surface area contributed by atoms with E-state index in [1.807, 2.05) is 0 Å². The van der Waals surface area contributed by atoms with Gasteiger partial charge in [0.25, 0.3) is 0 Å². The first-order chi connectivity index (χ1) is 8.90. The number of aromatic nitrogens is 1. The second-order valence-corrected chi connectivity index (χ2v) is 7.20. The van der Waals surface area contributed by atoms with Crippen molar-refractivity contribution in [3.8, 4) is 0 Å². The summed E-state index contributed by atoms with van der Waals surface area (Å²) in [4.78, 5) is 6.98. The molecule has 0 saturated carbocycles. The summed E-state index contributed by atoms with van der Waals surface area (Å²) in [5.74, 6) is 1.35. The van der Waals surface area contributed by atoms with E-state index < -0.39 is 0 Å². The van der Waals surface area contributed by atoms with Gasteiger partial charge in [-0.2, -0.15) is 0 Å². The van der Waals surface area contributed by atoms with Gasteiger partial charge >= 0.3 is 0 Å². The summed E-state index contributed by atoms with van der Waals surface area (Å²) in [7, 11) is 2.20. The zero-order chi connectivity index (χ0) is 14.4. The Morgan fingerprint density at radius 3 is 2.42 bits per heavy atom. The Balaban J connectivity index is 2.50. The second kappa shape index (κ2) is 7.98. The number of hydrogen-bond donors (Lipinski definition) is 1. The van der Waals surface area contributed by atoms with Crippen molar-refractivity contribution < 1.29 is 0 Å². The molecule has 1 rings (SSSR count). The van der Waals surface area contributed by atoms with Crippen molar-refractivity contribution in [2.45, 2.75) is 47.2 Å². The number of rotatable bonds is 8. The van der Waals surface area contributed by atoms with E-state index in [2.05, 4.69) is 62.2 Å². The third kappa shape index (κ3) is 6.02. The number of nitrogens with one attached hydrogen (secondary N) is 1. The summed E-state index contributed by atoms with van der Waals surface area (Å²) in [6.45, 7) is 14.2. The van der Waals surface area contributed by atoms with Crippen LogP contribution in [-0.2, 0) is 6.54 Å². The molecule has 1 aromatic rings. The van der Waals surface area contributed by atoms with Gasteiger partial charge in [0.2, 0.25) is 0 Å². The minimum atomic E-state index is 0.556. The molecule has 1 aromatic heterocycles. The van der Waals surface area contributed by atoms with E-state index in [4.69, 9.17) is 0 Å². The van der Waals surface area contributed by atoms with Crippen molar-refractivity contribution in [3.05, 3.63) is 16.1 Å². The van der Waals surface area contributed by atoms with Gasteiger partial charge in [-0.15, -0.1) is 11.3 Å². The third-order valence-corrected chi connectivity index (χ3v) is 4.14. The molecular weight excluding hydrogens is 254 g/mol. The Hall–Kier alpha value is -0.450. The number of thiazole rings is 1. The highest BCUT2D eigenvalue weighted by molar-refractivity contribution is 7.09. The molecule has 0 amide bonds. The van der Waals surface area contributed by atoms with Crippen molar-refractivity contribution >= 4 is 11.3 Å². The molecule has 0 aliphatic rings. The maximum Gasteiger partial charge on any atom is 0.0897 e. The van der Waals surface area contributed by atoms with Gasteiger partial charge in [0, 0.05) is 24.5 Å². The van der Waals surface area contributed by atoms with Crippen molar-refractivity contribution in [1.29, 1.82) is 0 Å². The molecule has 3 nitrogen and oxygen atoms in total. The molecule has 4 heteroatoms. The van der Waals surface area contributed by atoms with Crippen LogP contribution in [0.1, 0.15) is 38.4 Å². The van der Waals surface area contributed by atoms with Crippen molar-refractivity contribution in [2.75, 3.05) is 20.1 Å². The first-order valence-electron chi connectivity index (χ1n) is 7.22. The fourth-order valence-corrected chi connectivity index (χ4v) is 2.88. The predicted octanol–water partition coefficient (Wildman–Crippen LogP) is 3.15. The molecule has 0 fully saturated rings. The van der Waals surface area contributed by atoms with Crippen LogP contribution in [0.5, 0.6) is 0 Å². The van der Waals surface area contributed by atoms with Crippen LogP contribution in [0.2, 0.25) is 0 Å². The highest BCUT2D eigenvalue weighted by atomic mass is 32.1. The van der Waals surface area contributed by atoms with Crippen molar-refractivity contribution in [2.24, 2.45) is 11.8 Å². The zero-order valence-electron chi connectivity index (χ0n) is 13.2. The molecular formula is C15H29N3S. The Morgan fingerprint density at radius 1 is 1.26 bits per heavy atom. The molecule has 0 aliphatic heterocycles. The minimum Gasteiger partial charge on any atom is -0.315 e. The Labute approximate surface area is 122 Å². The molecule has 0 radical (unpaired) electrons. The Bertz CT molecular complexity index is 360. The van der Waals surface area contributed by atoms with Crippen LogP contribution in [0.15, 0.2) is 5.38 Å². The first kappa shape index (κ1) is 16.6. The number of nitrogens with zero attached hydrogens (tertiary/aromatic N) is 2. The topological polar surface area (TPSA) is 28.2 Å². The Kier molecular flexibility index (Phi) is 6.97. The molecule has 1 heterocycles. The second-order valence-electron chi connectivity index (χ2n) is 6.14. The van der Waals surface area contributed by atoms with Crippen molar-refractivity contribution in [1.82, 2.24) is 15.2 Å². The molecule has 1 atom stereocenters. The van der Waals surface area contributed by atoms with Gasteiger partial charge in [0.15, 0.2) is 0 Å². The highest BCUT2D eigenvalue weighted by Gasteiger charge is 2.19. The summed E-state index contributed by atoms with van der Waals surface area (Å²) in [5.41, 5.74) is 1.19. The van der Waals surface area contributed by atoms with Crippen LogP contribution in [0.4, 0.5) is 0 Å². The molecule has 0 saturated heterocycles. The zero-order valence-corrected chi connectivity index (χ0v) is 14.0. The van der Waals surface area contributed by atoms with Gasteiger partial charge in [0.1, 0.15) is 0 Å². The molecule has 0 spiro atoms. The molecule has 0 aromatic carbocycles. The summed E-state index contributed by atoms with van der Waals surface area (Å²) in [5, 5.41) is 6.91. The largest absolute Gasteiger partial charge is 0.315 e. The summed E-state index contributed by atoms with van der Waals surface area (Å²) < 4.78 is 0. The van der Waals surface area contributed by atoms with Crippen LogP contribution in [0.25, 0.3) is 0 Å². The van der Waals surface area contributed by atoms with Gasteiger partial charge in [-0.3, -0.25) is 4.90 Å². The lowest BCUT2D eigenvalue weighted by molar-refractivity contribution is 0.177. The number of likely N-dealkylation sites (N-methyl/N-ethyl adjacent to an activating group) is 1. The number of hydrogen-bond acceptors (Lipinski definition) is 4. The van der Waals surface area contributed by atoms with E-state index in [0.29, 0.717) is 17.9 Å². The summed E-state index contributed by atoms with van der Waals surface area (Å²) >= 11 is 1.73. The van der Waals surface area contributed by atoms with Crippen LogP contribution in [0.3, 0.4) is 0 Å². The lowest BCUT2D eigenvalue weighted by Crippen LogP contribution is -2.44. The SMILES string of the molecule is Cc1nc(CN(C)C(CNCC(C)C)C(C)C)cs1. The smallest absolute Gasteiger partial charge is 0.0897 e. The number of aryl methyl sites for hydroxylation is 1. The van der Waals surface area contributed by atoms with E-state index in [-0.39, 0.29) is 0 Å². The summed E-state index contributed by atoms with van der Waals surface area (Å²) in [6, 6.07) is 0.556. The lowest BCUT2D eigenvalue weighted by Gasteiger charge is -2.31. The third-order valence-electron chi connectivity index (χ3n) is 3.32. The molecule has 19 heavy (non-hydrogen) atoms. The van der Waals surface area contributed by atoms with E-state index in [1.165, 1.54) is 5.69 Å². The van der Waals surface area contributed by atoms with Crippen LogP contribution in [0, 0.1) is 18.8 Å². The van der Waals surface area contributed by atoms with E-state index in [0.717, 1.165) is 24.6 Å². The van der Waals surface area contributed by atoms with Gasteiger partial charge in [-0.1, -0.05) is 27.7 Å². The van der Waals surface area contributed by atoms with Crippen LogP contribution in [-0.4, -0.2) is 36.1 Å². The molecule has 1 unspecified atom stereocenters. The molecule has 1 N–H and O–H groups in total. The normalized spacial score (nSPS) is 13.7. The van der Waals surface area contributed by atoms with E-state index >= 15 is 0 Å². The fourth-order valence-electron chi connectivity index (χ4n) is 2.27. The predicted molar refractivity (Wildman–Crippen MR) is 84.7 cm³/mol.